The van der Waals surface area contributed by atoms with Crippen molar-refractivity contribution in [3.05, 3.63) is 65.2 Å². The summed E-state index contributed by atoms with van der Waals surface area (Å²) in [5.41, 5.74) is 1.22. The number of carbonyl (C=O) groups excluding carboxylic acids is 2. The maximum atomic E-state index is 13.2. The SMILES string of the molecule is CCOc1ccc(/C(O)=C2\C(=O)C(=O)N(CCN3CCOCC3)[C@@H]2c2cccc(OC)c2)cc1. The highest BCUT2D eigenvalue weighted by molar-refractivity contribution is 6.46. The zero-order valence-corrected chi connectivity index (χ0v) is 19.5. The molecular weight excluding hydrogens is 436 g/mol. The largest absolute Gasteiger partial charge is 0.507 e. The minimum absolute atomic E-state index is 0.0735. The molecule has 180 valence electrons. The van der Waals surface area contributed by atoms with Crippen LogP contribution in [0.5, 0.6) is 11.5 Å². The van der Waals surface area contributed by atoms with E-state index in [4.69, 9.17) is 14.2 Å². The molecule has 34 heavy (non-hydrogen) atoms. The fraction of sp³-hybridized carbons (Fsp3) is 0.385. The van der Waals surface area contributed by atoms with E-state index in [0.29, 0.717) is 55.5 Å². The molecule has 1 atom stereocenters. The highest BCUT2D eigenvalue weighted by Crippen LogP contribution is 2.40. The van der Waals surface area contributed by atoms with Crippen molar-refractivity contribution in [2.45, 2.75) is 13.0 Å². The van der Waals surface area contributed by atoms with E-state index in [9.17, 15) is 14.7 Å². The van der Waals surface area contributed by atoms with E-state index in [1.807, 2.05) is 19.1 Å². The number of methoxy groups -OCH3 is 1. The monoisotopic (exact) mass is 466 g/mol. The minimum Gasteiger partial charge on any atom is -0.507 e. The Hall–Kier alpha value is -3.36. The third-order valence-electron chi connectivity index (χ3n) is 6.15. The second-order valence-corrected chi connectivity index (χ2v) is 8.18. The van der Waals surface area contributed by atoms with Gasteiger partial charge in [0.1, 0.15) is 17.3 Å². The molecule has 0 unspecified atom stereocenters. The molecule has 4 rings (SSSR count). The highest BCUT2D eigenvalue weighted by Gasteiger charge is 2.46. The van der Waals surface area contributed by atoms with Crippen LogP contribution in [0.25, 0.3) is 5.76 Å². The molecule has 2 aliphatic heterocycles. The molecule has 2 saturated heterocycles. The van der Waals surface area contributed by atoms with Crippen LogP contribution in [0.15, 0.2) is 54.1 Å². The molecule has 0 aromatic heterocycles. The van der Waals surface area contributed by atoms with Gasteiger partial charge in [-0.3, -0.25) is 14.5 Å². The Morgan fingerprint density at radius 3 is 2.47 bits per heavy atom. The van der Waals surface area contributed by atoms with Gasteiger partial charge in [0.2, 0.25) is 0 Å². The van der Waals surface area contributed by atoms with Crippen LogP contribution in [0.1, 0.15) is 24.1 Å². The number of hydrogen-bond donors (Lipinski definition) is 1. The number of amides is 1. The zero-order chi connectivity index (χ0) is 24.1. The lowest BCUT2D eigenvalue weighted by Crippen LogP contribution is -2.42. The van der Waals surface area contributed by atoms with Crippen molar-refractivity contribution in [2.24, 2.45) is 0 Å². The minimum atomic E-state index is -0.720. The average molecular weight is 467 g/mol. The van der Waals surface area contributed by atoms with Crippen molar-refractivity contribution in [1.29, 1.82) is 0 Å². The topological polar surface area (TPSA) is 88.5 Å². The number of nitrogens with zero attached hydrogens (tertiary/aromatic N) is 2. The Labute approximate surface area is 199 Å². The fourth-order valence-corrected chi connectivity index (χ4v) is 4.37. The van der Waals surface area contributed by atoms with Crippen LogP contribution in [-0.4, -0.2) is 79.7 Å². The van der Waals surface area contributed by atoms with Crippen LogP contribution in [-0.2, 0) is 14.3 Å². The number of aliphatic hydroxyl groups excluding tert-OH is 1. The number of benzene rings is 2. The van der Waals surface area contributed by atoms with Gasteiger partial charge in [-0.1, -0.05) is 12.1 Å². The quantitative estimate of drug-likeness (QED) is 0.364. The van der Waals surface area contributed by atoms with E-state index < -0.39 is 17.7 Å². The summed E-state index contributed by atoms with van der Waals surface area (Å²) in [6.07, 6.45) is 0. The molecule has 8 heteroatoms. The lowest BCUT2D eigenvalue weighted by molar-refractivity contribution is -0.140. The fourth-order valence-electron chi connectivity index (χ4n) is 4.37. The first-order valence-electron chi connectivity index (χ1n) is 11.5. The van der Waals surface area contributed by atoms with Gasteiger partial charge in [-0.25, -0.2) is 0 Å². The molecule has 0 radical (unpaired) electrons. The number of aliphatic hydroxyl groups is 1. The van der Waals surface area contributed by atoms with Crippen molar-refractivity contribution in [3.63, 3.8) is 0 Å². The molecule has 2 fully saturated rings. The molecule has 2 aromatic rings. The second-order valence-electron chi connectivity index (χ2n) is 8.18. The summed E-state index contributed by atoms with van der Waals surface area (Å²) >= 11 is 0. The molecule has 2 aromatic carbocycles. The van der Waals surface area contributed by atoms with Crippen LogP contribution < -0.4 is 9.47 Å². The predicted molar refractivity (Wildman–Crippen MR) is 127 cm³/mol. The van der Waals surface area contributed by atoms with Crippen LogP contribution in [0, 0.1) is 0 Å². The molecule has 1 amide bonds. The molecule has 2 aliphatic rings. The molecule has 8 nitrogen and oxygen atoms in total. The van der Waals surface area contributed by atoms with Gasteiger partial charge < -0.3 is 24.2 Å². The molecule has 0 aliphatic carbocycles. The Balaban J connectivity index is 1.72. The molecule has 0 bridgehead atoms. The number of carbonyl (C=O) groups is 2. The van der Waals surface area contributed by atoms with E-state index in [2.05, 4.69) is 4.90 Å². The van der Waals surface area contributed by atoms with Crippen LogP contribution in [0.2, 0.25) is 0 Å². The lowest BCUT2D eigenvalue weighted by atomic mass is 9.95. The summed E-state index contributed by atoms with van der Waals surface area (Å²) in [4.78, 5) is 30.1. The number of ketones is 1. The Morgan fingerprint density at radius 2 is 1.79 bits per heavy atom. The average Bonchev–Trinajstić information content (AvgIpc) is 3.13. The third kappa shape index (κ3) is 4.93. The van der Waals surface area contributed by atoms with Crippen molar-refractivity contribution in [2.75, 3.05) is 53.1 Å². The summed E-state index contributed by atoms with van der Waals surface area (Å²) in [7, 11) is 1.56. The van der Waals surface area contributed by atoms with E-state index in [1.165, 1.54) is 0 Å². The number of rotatable bonds is 8. The van der Waals surface area contributed by atoms with Crippen LogP contribution in [0.3, 0.4) is 0 Å². The first kappa shape index (κ1) is 23.8. The summed E-state index contributed by atoms with van der Waals surface area (Å²) in [6, 6.07) is 13.4. The van der Waals surface area contributed by atoms with E-state index >= 15 is 0 Å². The first-order valence-corrected chi connectivity index (χ1v) is 11.5. The Kier molecular flexibility index (Phi) is 7.49. The number of hydrogen-bond acceptors (Lipinski definition) is 7. The Morgan fingerprint density at radius 1 is 1.06 bits per heavy atom. The third-order valence-corrected chi connectivity index (χ3v) is 6.15. The van der Waals surface area contributed by atoms with Crippen LogP contribution >= 0.6 is 0 Å². The maximum Gasteiger partial charge on any atom is 0.295 e. The molecule has 0 spiro atoms. The van der Waals surface area contributed by atoms with E-state index in [-0.39, 0.29) is 11.3 Å². The van der Waals surface area contributed by atoms with Crippen molar-refractivity contribution >= 4 is 17.4 Å². The highest BCUT2D eigenvalue weighted by atomic mass is 16.5. The summed E-state index contributed by atoms with van der Waals surface area (Å²) in [5, 5.41) is 11.2. The van der Waals surface area contributed by atoms with Gasteiger partial charge >= 0.3 is 0 Å². The Bertz CT molecular complexity index is 1060. The molecule has 2 heterocycles. The number of Topliss-reactive ketones (excluding diaryl/α,β-unsaturated/α-hetero) is 1. The van der Waals surface area contributed by atoms with Gasteiger partial charge in [0.15, 0.2) is 0 Å². The predicted octanol–water partition coefficient (Wildman–Crippen LogP) is 2.85. The van der Waals surface area contributed by atoms with Gasteiger partial charge in [-0.05, 0) is 48.9 Å². The van der Waals surface area contributed by atoms with Gasteiger partial charge in [-0.2, -0.15) is 0 Å². The van der Waals surface area contributed by atoms with Gasteiger partial charge in [-0.15, -0.1) is 0 Å². The zero-order valence-electron chi connectivity index (χ0n) is 19.5. The van der Waals surface area contributed by atoms with Gasteiger partial charge in [0.05, 0.1) is 38.5 Å². The van der Waals surface area contributed by atoms with Crippen LogP contribution in [0.4, 0.5) is 0 Å². The van der Waals surface area contributed by atoms with Crippen molar-refractivity contribution in [3.8, 4) is 11.5 Å². The number of morpholine rings is 1. The summed E-state index contributed by atoms with van der Waals surface area (Å²) < 4.78 is 16.3. The standard InChI is InChI=1S/C26H30N2O6/c1-3-34-20-9-7-18(8-10-20)24(29)22-23(19-5-4-6-21(17-19)32-2)28(26(31)25(22)30)12-11-27-13-15-33-16-14-27/h4-10,17,23,29H,3,11-16H2,1-2H3/b24-22+/t23-/m1/s1. The maximum absolute atomic E-state index is 13.2. The smallest absolute Gasteiger partial charge is 0.295 e. The van der Waals surface area contributed by atoms with E-state index in [0.717, 1.165) is 13.1 Å². The summed E-state index contributed by atoms with van der Waals surface area (Å²) in [5.74, 6) is -0.246. The first-order chi connectivity index (χ1) is 16.5. The molecule has 0 saturated carbocycles. The second kappa shape index (κ2) is 10.7. The molecule has 1 N–H and O–H groups in total. The van der Waals surface area contributed by atoms with E-state index in [1.54, 1.807) is 48.4 Å². The normalized spacial score (nSPS) is 20.5. The van der Waals surface area contributed by atoms with Crippen molar-refractivity contribution < 1.29 is 28.9 Å². The molecular formula is C26H30N2O6. The number of ether oxygens (including phenoxy) is 3. The van der Waals surface area contributed by atoms with Gasteiger partial charge in [0, 0.05) is 31.7 Å². The number of likely N-dealkylation sites (tertiary alicyclic amines) is 1. The van der Waals surface area contributed by atoms with Crippen molar-refractivity contribution in [1.82, 2.24) is 9.80 Å². The van der Waals surface area contributed by atoms with Gasteiger partial charge in [0.25, 0.3) is 11.7 Å². The lowest BCUT2D eigenvalue weighted by Gasteiger charge is -2.31. The summed E-state index contributed by atoms with van der Waals surface area (Å²) in [6.45, 7) is 6.23.